The molecule has 100 valence electrons. The zero-order valence-corrected chi connectivity index (χ0v) is 10.4. The number of para-hydroxylation sites is 1. The lowest BCUT2D eigenvalue weighted by Crippen LogP contribution is -2.12. The Morgan fingerprint density at radius 3 is 2.63 bits per heavy atom. The Balaban J connectivity index is 2.32. The lowest BCUT2D eigenvalue weighted by molar-refractivity contribution is -0.385. The van der Waals surface area contributed by atoms with E-state index in [1.54, 1.807) is 18.2 Å². The van der Waals surface area contributed by atoms with Gasteiger partial charge in [-0.1, -0.05) is 18.2 Å². The van der Waals surface area contributed by atoms with Gasteiger partial charge in [-0.05, 0) is 0 Å². The van der Waals surface area contributed by atoms with Crippen LogP contribution < -0.4 is 5.14 Å². The second kappa shape index (κ2) is 4.78. The van der Waals surface area contributed by atoms with Gasteiger partial charge in [-0.3, -0.25) is 10.1 Å². The minimum absolute atomic E-state index is 0.0339. The van der Waals surface area contributed by atoms with E-state index in [0.717, 1.165) is 0 Å². The van der Waals surface area contributed by atoms with Crippen molar-refractivity contribution in [3.63, 3.8) is 0 Å². The van der Waals surface area contributed by atoms with Crippen LogP contribution in [0.15, 0.2) is 41.8 Å². The average Bonchev–Trinajstić information content (AvgIpc) is 2.77. The number of sulfonamides is 1. The minimum atomic E-state index is -3.87. The highest BCUT2D eigenvalue weighted by atomic mass is 32.2. The van der Waals surface area contributed by atoms with Crippen molar-refractivity contribution in [2.24, 2.45) is 5.14 Å². The second-order valence-corrected chi connectivity index (χ2v) is 5.32. The maximum absolute atomic E-state index is 11.1. The van der Waals surface area contributed by atoms with Crippen molar-refractivity contribution in [2.75, 3.05) is 0 Å². The summed E-state index contributed by atoms with van der Waals surface area (Å²) < 4.78 is 23.6. The molecule has 2 aromatic rings. The van der Waals surface area contributed by atoms with Gasteiger partial charge in [-0.15, -0.1) is 0 Å². The fourth-order valence-corrected chi connectivity index (χ4v) is 2.07. The molecule has 0 saturated carbocycles. The molecule has 1 aromatic heterocycles. The maximum atomic E-state index is 11.1. The van der Waals surface area contributed by atoms with Crippen LogP contribution in [-0.2, 0) is 16.6 Å². The number of nitrogens with two attached hydrogens (primary N) is 1. The summed E-state index contributed by atoms with van der Waals surface area (Å²) in [5, 5.41) is 15.5. The molecule has 1 aromatic carbocycles. The molecule has 0 bridgehead atoms. The normalized spacial score (nSPS) is 11.4. The summed E-state index contributed by atoms with van der Waals surface area (Å²) in [5.41, 5.74) is 0.416. The van der Waals surface area contributed by atoms with Crippen LogP contribution in [0.2, 0.25) is 0 Å². The molecule has 8 nitrogen and oxygen atoms in total. The van der Waals surface area contributed by atoms with Gasteiger partial charge >= 0.3 is 0 Å². The van der Waals surface area contributed by atoms with Gasteiger partial charge in [0.25, 0.3) is 15.7 Å². The van der Waals surface area contributed by atoms with Gasteiger partial charge < -0.3 is 4.57 Å². The van der Waals surface area contributed by atoms with Crippen LogP contribution in [0.1, 0.15) is 5.56 Å². The van der Waals surface area contributed by atoms with Crippen molar-refractivity contribution in [1.29, 1.82) is 0 Å². The van der Waals surface area contributed by atoms with Crippen LogP contribution >= 0.6 is 0 Å². The van der Waals surface area contributed by atoms with E-state index in [1.807, 2.05) is 0 Å². The third-order valence-electron chi connectivity index (χ3n) is 2.44. The molecule has 2 rings (SSSR count). The number of rotatable bonds is 4. The first-order valence-electron chi connectivity index (χ1n) is 5.15. The Bertz CT molecular complexity index is 723. The summed E-state index contributed by atoms with van der Waals surface area (Å²) in [4.78, 5) is 14.0. The Kier molecular flexibility index (Phi) is 3.32. The quantitative estimate of drug-likeness (QED) is 0.646. The van der Waals surface area contributed by atoms with Crippen molar-refractivity contribution < 1.29 is 13.3 Å². The van der Waals surface area contributed by atoms with Gasteiger partial charge in [0.05, 0.1) is 17.8 Å². The molecule has 0 spiro atoms. The molecule has 0 unspecified atom stereocenters. The largest absolute Gasteiger partial charge is 0.331 e. The van der Waals surface area contributed by atoms with Crippen molar-refractivity contribution in [3.8, 4) is 0 Å². The SMILES string of the molecule is NS(=O)(=O)c1cn(Cc2ccccc2[N+](=O)[O-])cn1. The first kappa shape index (κ1) is 13.2. The predicted molar refractivity (Wildman–Crippen MR) is 65.8 cm³/mol. The van der Waals surface area contributed by atoms with Gasteiger partial charge in [0.1, 0.15) is 0 Å². The van der Waals surface area contributed by atoms with E-state index in [9.17, 15) is 18.5 Å². The van der Waals surface area contributed by atoms with E-state index in [0.29, 0.717) is 5.56 Å². The average molecular weight is 282 g/mol. The fraction of sp³-hybridized carbons (Fsp3) is 0.100. The van der Waals surface area contributed by atoms with Gasteiger partial charge in [0.15, 0.2) is 5.03 Å². The smallest absolute Gasteiger partial charge is 0.274 e. The first-order valence-corrected chi connectivity index (χ1v) is 6.69. The summed E-state index contributed by atoms with van der Waals surface area (Å²) >= 11 is 0. The van der Waals surface area contributed by atoms with E-state index >= 15 is 0 Å². The maximum Gasteiger partial charge on any atom is 0.274 e. The number of primary sulfonamides is 1. The lowest BCUT2D eigenvalue weighted by atomic mass is 10.2. The first-order chi connectivity index (χ1) is 8.88. The summed E-state index contributed by atoms with van der Waals surface area (Å²) in [5.74, 6) is 0. The molecule has 9 heteroatoms. The van der Waals surface area contributed by atoms with Gasteiger partial charge in [0, 0.05) is 17.8 Å². The van der Waals surface area contributed by atoms with Gasteiger partial charge in [-0.2, -0.15) is 0 Å². The van der Waals surface area contributed by atoms with E-state index in [2.05, 4.69) is 4.98 Å². The van der Waals surface area contributed by atoms with Gasteiger partial charge in [0.2, 0.25) is 0 Å². The van der Waals surface area contributed by atoms with E-state index in [-0.39, 0.29) is 17.3 Å². The number of nitrogens with zero attached hydrogens (tertiary/aromatic N) is 3. The predicted octanol–water partition coefficient (Wildman–Crippen LogP) is 0.487. The molecule has 1 heterocycles. The molecule has 19 heavy (non-hydrogen) atoms. The van der Waals surface area contributed by atoms with Gasteiger partial charge in [-0.25, -0.2) is 18.5 Å². The molecule has 0 aliphatic rings. The van der Waals surface area contributed by atoms with Crippen molar-refractivity contribution in [3.05, 3.63) is 52.5 Å². The Labute approximate surface area is 108 Å². The van der Waals surface area contributed by atoms with Crippen molar-refractivity contribution in [1.82, 2.24) is 9.55 Å². The molecule has 0 aliphatic heterocycles. The zero-order chi connectivity index (χ0) is 14.0. The standard InChI is InChI=1S/C10H10N4O4S/c11-19(17,18)10-6-13(7-12-10)5-8-3-1-2-4-9(8)14(15)16/h1-4,6-7H,5H2,(H2,11,17,18). The summed E-state index contributed by atoms with van der Waals surface area (Å²) in [7, 11) is -3.87. The number of imidazole rings is 1. The number of nitro groups is 1. The minimum Gasteiger partial charge on any atom is -0.331 e. The monoisotopic (exact) mass is 282 g/mol. The third-order valence-corrected chi connectivity index (χ3v) is 3.24. The summed E-state index contributed by atoms with van der Waals surface area (Å²) in [6, 6.07) is 6.20. The molecule has 2 N–H and O–H groups in total. The van der Waals surface area contributed by atoms with E-state index < -0.39 is 14.9 Å². The fourth-order valence-electron chi connectivity index (χ4n) is 1.59. The zero-order valence-electron chi connectivity index (χ0n) is 9.63. The lowest BCUT2D eigenvalue weighted by Gasteiger charge is -2.03. The molecule has 0 aliphatic carbocycles. The van der Waals surface area contributed by atoms with Crippen LogP contribution in [0.4, 0.5) is 5.69 Å². The van der Waals surface area contributed by atoms with Crippen LogP contribution in [0.5, 0.6) is 0 Å². The molecule has 0 saturated heterocycles. The Morgan fingerprint density at radius 1 is 1.37 bits per heavy atom. The van der Waals surface area contributed by atoms with E-state index in [1.165, 1.54) is 23.2 Å². The topological polar surface area (TPSA) is 121 Å². The number of hydrogen-bond donors (Lipinski definition) is 1. The summed E-state index contributed by atoms with van der Waals surface area (Å²) in [6.45, 7) is 0.139. The number of nitro benzene ring substituents is 1. The highest BCUT2D eigenvalue weighted by Gasteiger charge is 2.15. The molecule has 0 amide bonds. The highest BCUT2D eigenvalue weighted by Crippen LogP contribution is 2.19. The molecule has 0 radical (unpaired) electrons. The third kappa shape index (κ3) is 2.95. The Morgan fingerprint density at radius 2 is 2.05 bits per heavy atom. The van der Waals surface area contributed by atoms with Crippen LogP contribution in [0.3, 0.4) is 0 Å². The number of benzene rings is 1. The second-order valence-electron chi connectivity index (χ2n) is 3.82. The van der Waals surface area contributed by atoms with E-state index in [4.69, 9.17) is 5.14 Å². The molecular weight excluding hydrogens is 272 g/mol. The van der Waals surface area contributed by atoms with Crippen LogP contribution in [-0.4, -0.2) is 22.9 Å². The molecular formula is C10H10N4O4S. The highest BCUT2D eigenvalue weighted by molar-refractivity contribution is 7.89. The van der Waals surface area contributed by atoms with Crippen LogP contribution in [0, 0.1) is 10.1 Å². The number of hydrogen-bond acceptors (Lipinski definition) is 5. The van der Waals surface area contributed by atoms with Crippen molar-refractivity contribution in [2.45, 2.75) is 11.6 Å². The molecule has 0 fully saturated rings. The summed E-state index contributed by atoms with van der Waals surface area (Å²) in [6.07, 6.45) is 2.49. The van der Waals surface area contributed by atoms with Crippen molar-refractivity contribution >= 4 is 15.7 Å². The molecule has 0 atom stereocenters. The Hall–Kier alpha value is -2.26. The number of aromatic nitrogens is 2. The van der Waals surface area contributed by atoms with Crippen LogP contribution in [0.25, 0.3) is 0 Å².